The smallest absolute Gasteiger partial charge is 0.124 e. The second-order valence-corrected chi connectivity index (χ2v) is 3.07. The van der Waals surface area contributed by atoms with Gasteiger partial charge in [-0.2, -0.15) is 0 Å². The molecule has 2 aromatic rings. The molecule has 0 unspecified atom stereocenters. The molecule has 2 N–H and O–H groups in total. The van der Waals surface area contributed by atoms with Crippen LogP contribution in [0.3, 0.4) is 0 Å². The minimum Gasteiger partial charge on any atom is -0.507 e. The summed E-state index contributed by atoms with van der Waals surface area (Å²) < 4.78 is 0. The number of rotatable bonds is 1. The number of aromatic hydroxyl groups is 1. The SMILES string of the molecule is Cc1ccc(-c2ccccc2O)[nH]1. The van der Waals surface area contributed by atoms with Crippen LogP contribution >= 0.6 is 0 Å². The van der Waals surface area contributed by atoms with E-state index in [0.717, 1.165) is 17.0 Å². The highest BCUT2D eigenvalue weighted by Gasteiger charge is 2.03. The predicted molar refractivity (Wildman–Crippen MR) is 52.6 cm³/mol. The second-order valence-electron chi connectivity index (χ2n) is 3.07. The quantitative estimate of drug-likeness (QED) is 0.683. The number of hydrogen-bond donors (Lipinski definition) is 2. The van der Waals surface area contributed by atoms with E-state index < -0.39 is 0 Å². The molecule has 0 aliphatic carbocycles. The van der Waals surface area contributed by atoms with Crippen molar-refractivity contribution in [2.24, 2.45) is 0 Å². The molecule has 0 aliphatic rings. The van der Waals surface area contributed by atoms with Gasteiger partial charge in [-0.1, -0.05) is 12.1 Å². The van der Waals surface area contributed by atoms with Gasteiger partial charge in [0.05, 0.1) is 0 Å². The van der Waals surface area contributed by atoms with E-state index in [9.17, 15) is 5.11 Å². The average molecular weight is 173 g/mol. The summed E-state index contributed by atoms with van der Waals surface area (Å²) in [5.41, 5.74) is 2.89. The third kappa shape index (κ3) is 1.43. The van der Waals surface area contributed by atoms with E-state index in [-0.39, 0.29) is 0 Å². The Hall–Kier alpha value is -1.70. The lowest BCUT2D eigenvalue weighted by atomic mass is 10.1. The van der Waals surface area contributed by atoms with Crippen molar-refractivity contribution in [3.05, 3.63) is 42.1 Å². The molecular weight excluding hydrogens is 162 g/mol. The lowest BCUT2D eigenvalue weighted by Crippen LogP contribution is -1.78. The van der Waals surface area contributed by atoms with Crippen LogP contribution in [0.15, 0.2) is 36.4 Å². The van der Waals surface area contributed by atoms with Gasteiger partial charge in [0.15, 0.2) is 0 Å². The van der Waals surface area contributed by atoms with E-state index >= 15 is 0 Å². The topological polar surface area (TPSA) is 36.0 Å². The molecule has 1 aromatic carbocycles. The Balaban J connectivity index is 2.52. The Morgan fingerprint density at radius 3 is 2.46 bits per heavy atom. The first kappa shape index (κ1) is 7.92. The molecule has 1 aromatic heterocycles. The summed E-state index contributed by atoms with van der Waals surface area (Å²) in [5.74, 6) is 0.310. The molecule has 0 aliphatic heterocycles. The molecule has 1 heterocycles. The number of benzene rings is 1. The van der Waals surface area contributed by atoms with Gasteiger partial charge in [-0.25, -0.2) is 0 Å². The number of H-pyrrole nitrogens is 1. The monoisotopic (exact) mass is 173 g/mol. The maximum Gasteiger partial charge on any atom is 0.124 e. The van der Waals surface area contributed by atoms with Crippen LogP contribution in [-0.2, 0) is 0 Å². The zero-order valence-electron chi connectivity index (χ0n) is 7.41. The Morgan fingerprint density at radius 2 is 1.85 bits per heavy atom. The normalized spacial score (nSPS) is 10.2. The fourth-order valence-corrected chi connectivity index (χ4v) is 1.36. The van der Waals surface area contributed by atoms with Crippen molar-refractivity contribution in [3.8, 4) is 17.0 Å². The largest absolute Gasteiger partial charge is 0.507 e. The van der Waals surface area contributed by atoms with Gasteiger partial charge in [0.1, 0.15) is 5.75 Å². The van der Waals surface area contributed by atoms with Gasteiger partial charge in [-0.3, -0.25) is 0 Å². The number of hydrogen-bond acceptors (Lipinski definition) is 1. The van der Waals surface area contributed by atoms with E-state index in [2.05, 4.69) is 4.98 Å². The summed E-state index contributed by atoms with van der Waals surface area (Å²) in [5, 5.41) is 9.55. The molecule has 13 heavy (non-hydrogen) atoms. The third-order valence-corrected chi connectivity index (χ3v) is 2.03. The molecule has 0 saturated carbocycles. The Labute approximate surface area is 76.9 Å². The molecule has 0 saturated heterocycles. The third-order valence-electron chi connectivity index (χ3n) is 2.03. The summed E-state index contributed by atoms with van der Waals surface area (Å²) in [4.78, 5) is 3.17. The van der Waals surface area contributed by atoms with Gasteiger partial charge < -0.3 is 10.1 Å². The van der Waals surface area contributed by atoms with Crippen molar-refractivity contribution >= 4 is 0 Å². The van der Waals surface area contributed by atoms with Crippen molar-refractivity contribution in [1.29, 1.82) is 0 Å². The molecule has 0 fully saturated rings. The van der Waals surface area contributed by atoms with Crippen molar-refractivity contribution in [1.82, 2.24) is 4.98 Å². The highest BCUT2D eigenvalue weighted by atomic mass is 16.3. The highest BCUT2D eigenvalue weighted by molar-refractivity contribution is 5.66. The molecule has 0 spiro atoms. The highest BCUT2D eigenvalue weighted by Crippen LogP contribution is 2.27. The predicted octanol–water partition coefficient (Wildman–Crippen LogP) is 2.70. The van der Waals surface area contributed by atoms with E-state index in [1.807, 2.05) is 37.3 Å². The van der Waals surface area contributed by atoms with Gasteiger partial charge in [0.2, 0.25) is 0 Å². The van der Waals surface area contributed by atoms with Gasteiger partial charge in [-0.05, 0) is 31.2 Å². The number of aryl methyl sites for hydroxylation is 1. The average Bonchev–Trinajstić information content (AvgIpc) is 2.53. The van der Waals surface area contributed by atoms with E-state index in [0.29, 0.717) is 5.75 Å². The van der Waals surface area contributed by atoms with Crippen LogP contribution in [0, 0.1) is 6.92 Å². The molecule has 2 heteroatoms. The van der Waals surface area contributed by atoms with Crippen LogP contribution in [0.2, 0.25) is 0 Å². The maximum absolute atomic E-state index is 9.55. The first-order chi connectivity index (χ1) is 6.27. The number of nitrogens with one attached hydrogen (secondary N) is 1. The Morgan fingerprint density at radius 1 is 1.08 bits per heavy atom. The number of phenols is 1. The van der Waals surface area contributed by atoms with E-state index in [1.165, 1.54) is 0 Å². The molecule has 66 valence electrons. The van der Waals surface area contributed by atoms with Crippen molar-refractivity contribution in [2.75, 3.05) is 0 Å². The zero-order valence-corrected chi connectivity index (χ0v) is 7.41. The van der Waals surface area contributed by atoms with Gasteiger partial charge in [-0.15, -0.1) is 0 Å². The first-order valence-electron chi connectivity index (χ1n) is 4.21. The summed E-state index contributed by atoms with van der Waals surface area (Å²) in [6, 6.07) is 11.2. The van der Waals surface area contributed by atoms with Gasteiger partial charge in [0.25, 0.3) is 0 Å². The van der Waals surface area contributed by atoms with Crippen LogP contribution in [0.4, 0.5) is 0 Å². The number of aromatic amines is 1. The standard InChI is InChI=1S/C11H11NO/c1-8-6-7-10(12-8)9-4-2-3-5-11(9)13/h2-7,12-13H,1H3. The number of para-hydroxylation sites is 1. The lowest BCUT2D eigenvalue weighted by molar-refractivity contribution is 0.477. The Bertz CT molecular complexity index is 418. The van der Waals surface area contributed by atoms with E-state index in [4.69, 9.17) is 0 Å². The summed E-state index contributed by atoms with van der Waals surface area (Å²) in [6.07, 6.45) is 0. The molecular formula is C11H11NO. The van der Waals surface area contributed by atoms with E-state index in [1.54, 1.807) is 6.07 Å². The fourth-order valence-electron chi connectivity index (χ4n) is 1.36. The molecule has 0 bridgehead atoms. The molecule has 0 radical (unpaired) electrons. The van der Waals surface area contributed by atoms with Crippen molar-refractivity contribution in [2.45, 2.75) is 6.92 Å². The summed E-state index contributed by atoms with van der Waals surface area (Å²) in [6.45, 7) is 1.99. The summed E-state index contributed by atoms with van der Waals surface area (Å²) in [7, 11) is 0. The number of aromatic nitrogens is 1. The van der Waals surface area contributed by atoms with Crippen LogP contribution in [-0.4, -0.2) is 10.1 Å². The van der Waals surface area contributed by atoms with Crippen molar-refractivity contribution in [3.63, 3.8) is 0 Å². The Kier molecular flexibility index (Phi) is 1.81. The zero-order chi connectivity index (χ0) is 9.26. The van der Waals surface area contributed by atoms with Gasteiger partial charge >= 0.3 is 0 Å². The van der Waals surface area contributed by atoms with Crippen LogP contribution in [0.1, 0.15) is 5.69 Å². The molecule has 2 rings (SSSR count). The first-order valence-corrected chi connectivity index (χ1v) is 4.21. The summed E-state index contributed by atoms with van der Waals surface area (Å²) >= 11 is 0. The molecule has 0 atom stereocenters. The molecule has 0 amide bonds. The van der Waals surface area contributed by atoms with Crippen LogP contribution in [0.5, 0.6) is 5.75 Å². The van der Waals surface area contributed by atoms with Crippen LogP contribution < -0.4 is 0 Å². The minimum absolute atomic E-state index is 0.310. The fraction of sp³-hybridized carbons (Fsp3) is 0.0909. The second kappa shape index (κ2) is 2.98. The van der Waals surface area contributed by atoms with Crippen molar-refractivity contribution < 1.29 is 5.11 Å². The molecule has 2 nitrogen and oxygen atoms in total. The maximum atomic E-state index is 9.55. The lowest BCUT2D eigenvalue weighted by Gasteiger charge is -2.00. The number of phenolic OH excluding ortho intramolecular Hbond substituents is 1. The minimum atomic E-state index is 0.310. The van der Waals surface area contributed by atoms with Gasteiger partial charge in [0, 0.05) is 17.0 Å². The van der Waals surface area contributed by atoms with Crippen LogP contribution in [0.25, 0.3) is 11.3 Å².